The number of sulfonamides is 1. The Morgan fingerprint density at radius 1 is 1.21 bits per heavy atom. The summed E-state index contributed by atoms with van der Waals surface area (Å²) in [6.45, 7) is 6.88. The molecule has 0 radical (unpaired) electrons. The van der Waals surface area contributed by atoms with Crippen molar-refractivity contribution in [3.63, 3.8) is 0 Å². The molecule has 0 aliphatic carbocycles. The fraction of sp³-hybridized carbons (Fsp3) is 0.167. The third-order valence-electron chi connectivity index (χ3n) is 2.23. The number of nitrogens with zero attached hydrogens (tertiary/aromatic N) is 1. The Labute approximate surface area is 119 Å². The van der Waals surface area contributed by atoms with Gasteiger partial charge < -0.3 is 0 Å². The Bertz CT molecular complexity index is 569. The standard InChI is InChI=1S/C12H12BrF2NO2S/c1-3-5-16(6-4-2)19(17,18)12-10(13)7-9(14)8-11(12)15/h3-4,7-8H,1-2,5-6H2. The first-order chi connectivity index (χ1) is 8.84. The van der Waals surface area contributed by atoms with Gasteiger partial charge in [-0.25, -0.2) is 17.2 Å². The SMILES string of the molecule is C=CCN(CC=C)S(=O)(=O)c1c(F)cc(F)cc1Br. The van der Waals surface area contributed by atoms with Crippen LogP contribution in [0.4, 0.5) is 8.78 Å². The average Bonchev–Trinajstić information content (AvgIpc) is 2.26. The van der Waals surface area contributed by atoms with Crippen LogP contribution in [-0.2, 0) is 10.0 Å². The summed E-state index contributed by atoms with van der Waals surface area (Å²) in [5, 5.41) is 0. The Kier molecular flexibility index (Phi) is 5.39. The normalized spacial score (nSPS) is 11.6. The van der Waals surface area contributed by atoms with Crippen molar-refractivity contribution >= 4 is 26.0 Å². The molecule has 0 N–H and O–H groups in total. The molecular formula is C12H12BrF2NO2S. The van der Waals surface area contributed by atoms with Crippen molar-refractivity contribution in [2.75, 3.05) is 13.1 Å². The molecule has 0 aliphatic heterocycles. The largest absolute Gasteiger partial charge is 0.247 e. The summed E-state index contributed by atoms with van der Waals surface area (Å²) in [7, 11) is -4.10. The van der Waals surface area contributed by atoms with Crippen LogP contribution in [0.15, 0.2) is 46.8 Å². The zero-order chi connectivity index (χ0) is 14.6. The number of halogens is 3. The fourth-order valence-corrected chi connectivity index (χ4v) is 3.96. The molecular weight excluding hydrogens is 340 g/mol. The summed E-state index contributed by atoms with van der Waals surface area (Å²) in [4.78, 5) is -0.599. The summed E-state index contributed by atoms with van der Waals surface area (Å²) in [5.41, 5.74) is 0. The lowest BCUT2D eigenvalue weighted by atomic mass is 10.3. The highest BCUT2D eigenvalue weighted by Gasteiger charge is 2.29. The van der Waals surface area contributed by atoms with Gasteiger partial charge in [0.25, 0.3) is 0 Å². The van der Waals surface area contributed by atoms with Crippen molar-refractivity contribution in [2.24, 2.45) is 0 Å². The highest BCUT2D eigenvalue weighted by molar-refractivity contribution is 9.10. The number of hydrogen-bond donors (Lipinski definition) is 0. The highest BCUT2D eigenvalue weighted by Crippen LogP contribution is 2.28. The minimum atomic E-state index is -4.10. The predicted molar refractivity (Wildman–Crippen MR) is 73.2 cm³/mol. The lowest BCUT2D eigenvalue weighted by Gasteiger charge is -2.20. The maximum absolute atomic E-state index is 13.7. The lowest BCUT2D eigenvalue weighted by molar-refractivity contribution is 0.464. The van der Waals surface area contributed by atoms with Gasteiger partial charge in [-0.1, -0.05) is 12.2 Å². The minimum Gasteiger partial charge on any atom is -0.207 e. The van der Waals surface area contributed by atoms with Gasteiger partial charge in [0.15, 0.2) is 0 Å². The van der Waals surface area contributed by atoms with E-state index >= 15 is 0 Å². The maximum atomic E-state index is 13.7. The summed E-state index contributed by atoms with van der Waals surface area (Å²) in [6, 6.07) is 1.42. The van der Waals surface area contributed by atoms with Gasteiger partial charge in [0.2, 0.25) is 10.0 Å². The summed E-state index contributed by atoms with van der Waals surface area (Å²) >= 11 is 2.87. The van der Waals surface area contributed by atoms with Crippen LogP contribution in [-0.4, -0.2) is 25.8 Å². The van der Waals surface area contributed by atoms with Crippen LogP contribution in [0.5, 0.6) is 0 Å². The molecule has 0 saturated heterocycles. The van der Waals surface area contributed by atoms with E-state index in [0.717, 1.165) is 10.4 Å². The van der Waals surface area contributed by atoms with Gasteiger partial charge in [0.05, 0.1) is 0 Å². The van der Waals surface area contributed by atoms with Crippen molar-refractivity contribution in [3.8, 4) is 0 Å². The molecule has 7 heteroatoms. The second kappa shape index (κ2) is 6.40. The van der Waals surface area contributed by atoms with Crippen molar-refractivity contribution in [2.45, 2.75) is 4.90 Å². The molecule has 0 spiro atoms. The average molecular weight is 352 g/mol. The van der Waals surface area contributed by atoms with Crippen LogP contribution < -0.4 is 0 Å². The monoisotopic (exact) mass is 351 g/mol. The van der Waals surface area contributed by atoms with Gasteiger partial charge in [-0.2, -0.15) is 4.31 Å². The number of benzene rings is 1. The molecule has 104 valence electrons. The zero-order valence-electron chi connectivity index (χ0n) is 9.94. The lowest BCUT2D eigenvalue weighted by Crippen LogP contribution is -2.32. The zero-order valence-corrected chi connectivity index (χ0v) is 12.3. The minimum absolute atomic E-state index is 0.00237. The molecule has 0 amide bonds. The smallest absolute Gasteiger partial charge is 0.207 e. The first-order valence-electron chi connectivity index (χ1n) is 5.21. The van der Waals surface area contributed by atoms with Crippen LogP contribution in [0, 0.1) is 11.6 Å². The third kappa shape index (κ3) is 3.49. The molecule has 3 nitrogen and oxygen atoms in total. The van der Waals surface area contributed by atoms with Crippen LogP contribution in [0.25, 0.3) is 0 Å². The molecule has 0 aromatic heterocycles. The van der Waals surface area contributed by atoms with Gasteiger partial charge in [0, 0.05) is 23.6 Å². The van der Waals surface area contributed by atoms with Crippen LogP contribution >= 0.6 is 15.9 Å². The van der Waals surface area contributed by atoms with Gasteiger partial charge in [-0.3, -0.25) is 0 Å². The van der Waals surface area contributed by atoms with Crippen LogP contribution in [0.1, 0.15) is 0 Å². The topological polar surface area (TPSA) is 37.4 Å². The number of rotatable bonds is 6. The molecule has 1 rings (SSSR count). The first kappa shape index (κ1) is 16.0. The number of hydrogen-bond acceptors (Lipinski definition) is 2. The summed E-state index contributed by atoms with van der Waals surface area (Å²) < 4.78 is 52.1. The summed E-state index contributed by atoms with van der Waals surface area (Å²) in [5.74, 6) is -2.01. The van der Waals surface area contributed by atoms with E-state index in [2.05, 4.69) is 29.1 Å². The summed E-state index contributed by atoms with van der Waals surface area (Å²) in [6.07, 6.45) is 2.74. The second-order valence-corrected chi connectivity index (χ2v) is 6.33. The van der Waals surface area contributed by atoms with E-state index in [1.54, 1.807) is 0 Å². The van der Waals surface area contributed by atoms with Gasteiger partial charge >= 0.3 is 0 Å². The van der Waals surface area contributed by atoms with E-state index in [1.165, 1.54) is 12.2 Å². The van der Waals surface area contributed by atoms with E-state index in [1.807, 2.05) is 0 Å². The molecule has 0 heterocycles. The molecule has 0 unspecified atom stereocenters. The molecule has 0 fully saturated rings. The van der Waals surface area contributed by atoms with Gasteiger partial charge in [-0.15, -0.1) is 13.2 Å². The molecule has 1 aromatic carbocycles. The van der Waals surface area contributed by atoms with Crippen molar-refractivity contribution < 1.29 is 17.2 Å². The third-order valence-corrected chi connectivity index (χ3v) is 5.02. The molecule has 0 saturated carbocycles. The van der Waals surface area contributed by atoms with Gasteiger partial charge in [-0.05, 0) is 22.0 Å². The van der Waals surface area contributed by atoms with Crippen molar-refractivity contribution in [1.29, 1.82) is 0 Å². The Morgan fingerprint density at radius 2 is 1.74 bits per heavy atom. The quantitative estimate of drug-likeness (QED) is 0.738. The predicted octanol–water partition coefficient (Wildman–Crippen LogP) is 3.09. The molecule has 0 atom stereocenters. The molecule has 0 aliphatic rings. The van der Waals surface area contributed by atoms with E-state index < -0.39 is 26.6 Å². The van der Waals surface area contributed by atoms with Crippen LogP contribution in [0.3, 0.4) is 0 Å². The Hall–Kier alpha value is -1.05. The van der Waals surface area contributed by atoms with E-state index in [9.17, 15) is 17.2 Å². The molecule has 0 bridgehead atoms. The van der Waals surface area contributed by atoms with Crippen molar-refractivity contribution in [3.05, 3.63) is 53.5 Å². The Balaban J connectivity index is 3.40. The van der Waals surface area contributed by atoms with E-state index in [-0.39, 0.29) is 17.6 Å². The van der Waals surface area contributed by atoms with Crippen molar-refractivity contribution in [1.82, 2.24) is 4.31 Å². The second-order valence-electron chi connectivity index (χ2n) is 3.60. The van der Waals surface area contributed by atoms with Gasteiger partial charge in [0.1, 0.15) is 16.5 Å². The Morgan fingerprint density at radius 3 is 2.16 bits per heavy atom. The van der Waals surface area contributed by atoms with Crippen LogP contribution in [0.2, 0.25) is 0 Å². The highest BCUT2D eigenvalue weighted by atomic mass is 79.9. The van der Waals surface area contributed by atoms with E-state index in [4.69, 9.17) is 0 Å². The molecule has 1 aromatic rings. The molecule has 19 heavy (non-hydrogen) atoms. The first-order valence-corrected chi connectivity index (χ1v) is 7.44. The fourth-order valence-electron chi connectivity index (χ4n) is 1.46. The van der Waals surface area contributed by atoms with E-state index in [0.29, 0.717) is 6.07 Å². The maximum Gasteiger partial charge on any atom is 0.247 e.